The predicted molar refractivity (Wildman–Crippen MR) is 132 cm³/mol. The van der Waals surface area contributed by atoms with Gasteiger partial charge in [-0.1, -0.05) is 30.9 Å². The van der Waals surface area contributed by atoms with Gasteiger partial charge in [0.1, 0.15) is 47.0 Å². The maximum Gasteiger partial charge on any atom is 0.349 e. The van der Waals surface area contributed by atoms with Crippen LogP contribution in [0.4, 0.5) is 0 Å². The number of carbonyl (C=O) groups excluding carboxylic acids is 1. The number of nitrogens with zero attached hydrogens (tertiary/aromatic N) is 1. The molecule has 1 aliphatic heterocycles. The molecule has 1 heterocycles. The van der Waals surface area contributed by atoms with Crippen LogP contribution < -0.4 is 29.4 Å². The zero-order chi connectivity index (χ0) is 25.5. The SMILES string of the molecule is C=CCOc1cccc(C2C(C#N)=C(N)Oc3cc(OC(=O)COc4ccc(OC)cc4)ccc32)c1. The lowest BCUT2D eigenvalue weighted by molar-refractivity contribution is -0.136. The molecule has 0 aliphatic carbocycles. The summed E-state index contributed by atoms with van der Waals surface area (Å²) in [4.78, 5) is 12.3. The third-order valence-corrected chi connectivity index (χ3v) is 5.40. The van der Waals surface area contributed by atoms with Gasteiger partial charge in [-0.25, -0.2) is 4.79 Å². The molecule has 0 saturated carbocycles. The minimum atomic E-state index is -0.591. The summed E-state index contributed by atoms with van der Waals surface area (Å²) in [6.07, 6.45) is 1.65. The molecule has 0 saturated heterocycles. The highest BCUT2D eigenvalue weighted by atomic mass is 16.6. The van der Waals surface area contributed by atoms with Gasteiger partial charge >= 0.3 is 5.97 Å². The fourth-order valence-corrected chi connectivity index (χ4v) is 3.76. The lowest BCUT2D eigenvalue weighted by Gasteiger charge is -2.27. The molecule has 0 spiro atoms. The lowest BCUT2D eigenvalue weighted by atomic mass is 9.83. The zero-order valence-electron chi connectivity index (χ0n) is 19.6. The first-order valence-corrected chi connectivity index (χ1v) is 11.0. The summed E-state index contributed by atoms with van der Waals surface area (Å²) >= 11 is 0. The summed E-state index contributed by atoms with van der Waals surface area (Å²) in [5.41, 5.74) is 7.88. The lowest BCUT2D eigenvalue weighted by Crippen LogP contribution is -2.21. The molecule has 0 bridgehead atoms. The number of ether oxygens (including phenoxy) is 5. The van der Waals surface area contributed by atoms with Crippen molar-refractivity contribution >= 4 is 5.97 Å². The number of rotatable bonds is 9. The molecule has 0 radical (unpaired) electrons. The Bertz CT molecular complexity index is 1340. The second-order valence-electron chi connectivity index (χ2n) is 7.73. The number of methoxy groups -OCH3 is 1. The quantitative estimate of drug-likeness (QED) is 0.269. The Kier molecular flexibility index (Phi) is 7.42. The van der Waals surface area contributed by atoms with Crippen LogP contribution in [0, 0.1) is 11.3 Å². The summed E-state index contributed by atoms with van der Waals surface area (Å²) in [5.74, 6) is 1.38. The van der Waals surface area contributed by atoms with Gasteiger partial charge in [0.05, 0.1) is 13.0 Å². The number of fused-ring (bicyclic) bond motifs is 1. The van der Waals surface area contributed by atoms with Crippen LogP contribution in [0.2, 0.25) is 0 Å². The van der Waals surface area contributed by atoms with Gasteiger partial charge in [0.15, 0.2) is 6.61 Å². The number of nitriles is 1. The average Bonchev–Trinajstić information content (AvgIpc) is 2.90. The van der Waals surface area contributed by atoms with E-state index in [1.165, 1.54) is 0 Å². The molecule has 3 aromatic rings. The normalized spacial score (nSPS) is 14.1. The van der Waals surface area contributed by atoms with Crippen LogP contribution >= 0.6 is 0 Å². The van der Waals surface area contributed by atoms with Gasteiger partial charge in [0.25, 0.3) is 0 Å². The number of esters is 1. The number of benzene rings is 3. The van der Waals surface area contributed by atoms with E-state index in [-0.39, 0.29) is 23.8 Å². The Hall–Kier alpha value is -4.90. The molecule has 1 aliphatic rings. The highest BCUT2D eigenvalue weighted by Gasteiger charge is 2.31. The fraction of sp³-hybridized carbons (Fsp3) is 0.143. The standard InChI is InChI=1S/C28H24N2O6/c1-3-13-33-21-6-4-5-18(14-21)27-23-12-11-22(15-25(23)36-28(30)24(27)16-29)35-26(31)17-34-20-9-7-19(32-2)8-10-20/h3-12,14-15,27H,1,13,17,30H2,2H3. The van der Waals surface area contributed by atoms with Crippen molar-refractivity contribution in [1.82, 2.24) is 0 Å². The van der Waals surface area contributed by atoms with Crippen LogP contribution in [-0.2, 0) is 4.79 Å². The van der Waals surface area contributed by atoms with Crippen molar-refractivity contribution in [2.45, 2.75) is 5.92 Å². The first-order valence-electron chi connectivity index (χ1n) is 11.0. The van der Waals surface area contributed by atoms with E-state index in [9.17, 15) is 10.1 Å². The van der Waals surface area contributed by atoms with E-state index in [0.29, 0.717) is 35.2 Å². The van der Waals surface area contributed by atoms with Crippen LogP contribution in [-0.4, -0.2) is 26.3 Å². The van der Waals surface area contributed by atoms with Crippen molar-refractivity contribution in [2.75, 3.05) is 20.3 Å². The van der Waals surface area contributed by atoms with Crippen LogP contribution in [0.15, 0.2) is 90.8 Å². The third-order valence-electron chi connectivity index (χ3n) is 5.40. The van der Waals surface area contributed by atoms with Crippen molar-refractivity contribution in [1.29, 1.82) is 5.26 Å². The average molecular weight is 485 g/mol. The van der Waals surface area contributed by atoms with Crippen molar-refractivity contribution in [3.63, 3.8) is 0 Å². The molecule has 3 aromatic carbocycles. The molecule has 0 aromatic heterocycles. The van der Waals surface area contributed by atoms with Crippen molar-refractivity contribution in [2.24, 2.45) is 5.73 Å². The molecular formula is C28H24N2O6. The monoisotopic (exact) mass is 484 g/mol. The second kappa shape index (κ2) is 11.0. The van der Waals surface area contributed by atoms with Crippen LogP contribution in [0.25, 0.3) is 0 Å². The molecular weight excluding hydrogens is 460 g/mol. The number of hydrogen-bond donors (Lipinski definition) is 1. The van der Waals surface area contributed by atoms with E-state index >= 15 is 0 Å². The van der Waals surface area contributed by atoms with Crippen molar-refractivity contribution < 1.29 is 28.5 Å². The van der Waals surface area contributed by atoms with Gasteiger partial charge in [0, 0.05) is 11.6 Å². The molecule has 1 atom stereocenters. The molecule has 8 nitrogen and oxygen atoms in total. The fourth-order valence-electron chi connectivity index (χ4n) is 3.76. The molecule has 4 rings (SSSR count). The van der Waals surface area contributed by atoms with Crippen LogP contribution in [0.1, 0.15) is 17.0 Å². The van der Waals surface area contributed by atoms with Gasteiger partial charge in [-0.05, 0) is 48.0 Å². The summed E-state index contributed by atoms with van der Waals surface area (Å²) in [5, 5.41) is 9.78. The van der Waals surface area contributed by atoms with Gasteiger partial charge in [-0.2, -0.15) is 5.26 Å². The van der Waals surface area contributed by atoms with Gasteiger partial charge in [-0.3, -0.25) is 0 Å². The Morgan fingerprint density at radius 1 is 1.06 bits per heavy atom. The topological polar surface area (TPSA) is 113 Å². The van der Waals surface area contributed by atoms with Gasteiger partial charge in [0.2, 0.25) is 5.88 Å². The Morgan fingerprint density at radius 3 is 2.53 bits per heavy atom. The largest absolute Gasteiger partial charge is 0.497 e. The smallest absolute Gasteiger partial charge is 0.349 e. The minimum absolute atomic E-state index is 0.0151. The van der Waals surface area contributed by atoms with Gasteiger partial charge in [-0.15, -0.1) is 0 Å². The van der Waals surface area contributed by atoms with E-state index in [2.05, 4.69) is 12.6 Å². The molecule has 0 fully saturated rings. The Labute approximate surface area is 208 Å². The van der Waals surface area contributed by atoms with Gasteiger partial charge < -0.3 is 29.4 Å². The van der Waals surface area contributed by atoms with Crippen molar-refractivity contribution in [3.8, 4) is 34.8 Å². The molecule has 2 N–H and O–H groups in total. The van der Waals surface area contributed by atoms with Crippen LogP contribution in [0.3, 0.4) is 0 Å². The van der Waals surface area contributed by atoms with E-state index in [1.807, 2.05) is 24.3 Å². The number of carbonyl (C=O) groups is 1. The second-order valence-corrected chi connectivity index (χ2v) is 7.73. The highest BCUT2D eigenvalue weighted by Crippen LogP contribution is 2.44. The molecule has 0 amide bonds. The number of hydrogen-bond acceptors (Lipinski definition) is 8. The first kappa shape index (κ1) is 24.2. The Balaban J connectivity index is 1.52. The molecule has 182 valence electrons. The molecule has 36 heavy (non-hydrogen) atoms. The maximum absolute atomic E-state index is 12.3. The number of allylic oxidation sites excluding steroid dienone is 1. The first-order chi connectivity index (χ1) is 17.5. The zero-order valence-corrected chi connectivity index (χ0v) is 19.6. The summed E-state index contributed by atoms with van der Waals surface area (Å²) in [6, 6.07) is 21.3. The van der Waals surface area contributed by atoms with E-state index in [1.54, 1.807) is 55.7 Å². The number of nitrogens with two attached hydrogens (primary N) is 1. The van der Waals surface area contributed by atoms with E-state index in [4.69, 9.17) is 29.4 Å². The summed E-state index contributed by atoms with van der Waals surface area (Å²) < 4.78 is 27.3. The van der Waals surface area contributed by atoms with E-state index < -0.39 is 11.9 Å². The van der Waals surface area contributed by atoms with Crippen molar-refractivity contribution in [3.05, 3.63) is 102 Å². The Morgan fingerprint density at radius 2 is 1.81 bits per heavy atom. The minimum Gasteiger partial charge on any atom is -0.497 e. The maximum atomic E-state index is 12.3. The third kappa shape index (κ3) is 5.42. The predicted octanol–water partition coefficient (Wildman–Crippen LogP) is 4.46. The van der Waals surface area contributed by atoms with Crippen LogP contribution in [0.5, 0.6) is 28.7 Å². The molecule has 1 unspecified atom stereocenters. The molecule has 8 heteroatoms. The summed E-state index contributed by atoms with van der Waals surface area (Å²) in [6.45, 7) is 3.73. The highest BCUT2D eigenvalue weighted by molar-refractivity contribution is 5.74. The summed E-state index contributed by atoms with van der Waals surface area (Å²) in [7, 11) is 1.57. The van der Waals surface area contributed by atoms with E-state index in [0.717, 1.165) is 5.56 Å².